The molecular weight excluding hydrogens is 332 g/mol. The monoisotopic (exact) mass is 359 g/mol. The molecule has 0 spiro atoms. The van der Waals surface area contributed by atoms with Crippen LogP contribution >= 0.6 is 0 Å². The van der Waals surface area contributed by atoms with E-state index in [1.165, 1.54) is 18.2 Å². The summed E-state index contributed by atoms with van der Waals surface area (Å²) in [7, 11) is 1.61. The lowest BCUT2D eigenvalue weighted by molar-refractivity contribution is -0.127. The van der Waals surface area contributed by atoms with Crippen molar-refractivity contribution in [2.24, 2.45) is 0 Å². The van der Waals surface area contributed by atoms with Crippen LogP contribution in [0.5, 0.6) is 0 Å². The molecule has 140 valence electrons. The number of benzene rings is 2. The molecule has 0 saturated carbocycles. The molecule has 2 aromatic carbocycles. The molecule has 1 unspecified atom stereocenters. The van der Waals surface area contributed by atoms with Crippen LogP contribution in [0, 0.1) is 25.5 Å². The topological polar surface area (TPSA) is 12.5 Å². The van der Waals surface area contributed by atoms with E-state index in [-0.39, 0.29) is 17.9 Å². The van der Waals surface area contributed by atoms with E-state index in [1.54, 1.807) is 12.2 Å². The molecule has 1 atom stereocenters. The zero-order valence-electron chi connectivity index (χ0n) is 16.0. The Labute approximate surface area is 155 Å². The van der Waals surface area contributed by atoms with Crippen LogP contribution in [0.25, 0.3) is 0 Å². The van der Waals surface area contributed by atoms with Crippen LogP contribution in [0.15, 0.2) is 48.6 Å². The Morgan fingerprint density at radius 3 is 2.12 bits per heavy atom. The Morgan fingerprint density at radius 2 is 1.62 bits per heavy atom. The van der Waals surface area contributed by atoms with Gasteiger partial charge in [-0.2, -0.15) is 5.06 Å². The third kappa shape index (κ3) is 4.99. The maximum absolute atomic E-state index is 14.3. The summed E-state index contributed by atoms with van der Waals surface area (Å²) in [6, 6.07) is 10.1. The highest BCUT2D eigenvalue weighted by molar-refractivity contribution is 5.38. The lowest BCUT2D eigenvalue weighted by atomic mass is 9.85. The predicted octanol–water partition coefficient (Wildman–Crippen LogP) is 5.35. The van der Waals surface area contributed by atoms with Crippen molar-refractivity contribution in [3.63, 3.8) is 0 Å². The van der Waals surface area contributed by atoms with E-state index < -0.39 is 11.6 Å². The summed E-state index contributed by atoms with van der Waals surface area (Å²) in [6.45, 7) is 11.0. The second-order valence-electron chi connectivity index (χ2n) is 6.87. The highest BCUT2D eigenvalue weighted by atomic mass is 19.1. The van der Waals surface area contributed by atoms with Crippen molar-refractivity contribution in [3.8, 4) is 0 Å². The summed E-state index contributed by atoms with van der Waals surface area (Å²) in [5, 5.41) is 1.79. The summed E-state index contributed by atoms with van der Waals surface area (Å²) in [5.41, 5.74) is 4.41. The van der Waals surface area contributed by atoms with Crippen LogP contribution in [0.1, 0.15) is 35.1 Å². The number of rotatable bonds is 8. The van der Waals surface area contributed by atoms with Crippen molar-refractivity contribution in [3.05, 3.63) is 82.4 Å². The molecule has 26 heavy (non-hydrogen) atoms. The van der Waals surface area contributed by atoms with Gasteiger partial charge in [0.15, 0.2) is 0 Å². The Morgan fingerprint density at radius 1 is 1.08 bits per heavy atom. The quantitative estimate of drug-likeness (QED) is 0.465. The summed E-state index contributed by atoms with van der Waals surface area (Å²) >= 11 is 0. The van der Waals surface area contributed by atoms with Gasteiger partial charge in [-0.1, -0.05) is 36.4 Å². The molecule has 0 heterocycles. The second-order valence-corrected chi connectivity index (χ2v) is 6.87. The Balaban J connectivity index is 2.43. The third-order valence-corrected chi connectivity index (χ3v) is 4.59. The van der Waals surface area contributed by atoms with Gasteiger partial charge in [-0.3, -0.25) is 0 Å². The molecule has 0 bridgehead atoms. The van der Waals surface area contributed by atoms with E-state index in [9.17, 15) is 8.78 Å². The van der Waals surface area contributed by atoms with Crippen LogP contribution in [0.2, 0.25) is 0 Å². The molecule has 2 rings (SSSR count). The highest BCUT2D eigenvalue weighted by Crippen LogP contribution is 2.30. The Hall–Kier alpha value is -2.04. The minimum absolute atomic E-state index is 0.109. The normalized spacial score (nSPS) is 12.4. The van der Waals surface area contributed by atoms with E-state index in [2.05, 4.69) is 6.58 Å². The lowest BCUT2D eigenvalue weighted by Gasteiger charge is -2.28. The van der Waals surface area contributed by atoms with E-state index in [1.807, 2.05) is 39.0 Å². The maximum Gasteiger partial charge on any atom is 0.129 e. The number of hydrogen-bond acceptors (Lipinski definition) is 2. The van der Waals surface area contributed by atoms with Gasteiger partial charge < -0.3 is 4.84 Å². The molecule has 0 aliphatic carbocycles. The van der Waals surface area contributed by atoms with Gasteiger partial charge in [-0.05, 0) is 56.0 Å². The molecule has 0 saturated heterocycles. The molecule has 4 heteroatoms. The smallest absolute Gasteiger partial charge is 0.129 e. The second kappa shape index (κ2) is 9.06. The number of halogens is 2. The predicted molar refractivity (Wildman–Crippen MR) is 102 cm³/mol. The van der Waals surface area contributed by atoms with Gasteiger partial charge in [0.1, 0.15) is 11.6 Å². The van der Waals surface area contributed by atoms with E-state index in [0.29, 0.717) is 13.1 Å². The van der Waals surface area contributed by atoms with Crippen LogP contribution in [-0.2, 0) is 11.3 Å². The minimum Gasteiger partial charge on any atom is -0.302 e. The lowest BCUT2D eigenvalue weighted by Crippen LogP contribution is -2.31. The van der Waals surface area contributed by atoms with Gasteiger partial charge in [0.2, 0.25) is 0 Å². The Bertz CT molecular complexity index is 732. The van der Waals surface area contributed by atoms with Gasteiger partial charge in [-0.15, -0.1) is 0 Å². The number of hydrogen-bond donors (Lipinski definition) is 0. The third-order valence-electron chi connectivity index (χ3n) is 4.59. The zero-order valence-corrected chi connectivity index (χ0v) is 16.0. The van der Waals surface area contributed by atoms with Gasteiger partial charge in [0, 0.05) is 24.6 Å². The first-order valence-electron chi connectivity index (χ1n) is 8.76. The standard InChI is InChI=1S/C22H27F2NO/c1-15(2)13-25(26-5)14-18(22-16(3)8-6-9-17(22)4)12-19-20(23)10-7-11-21(19)24/h6-11,18H,1,12-14H2,2-5H3. The molecule has 0 aliphatic heterocycles. The highest BCUT2D eigenvalue weighted by Gasteiger charge is 2.23. The first-order chi connectivity index (χ1) is 12.3. The molecule has 2 nitrogen and oxygen atoms in total. The van der Waals surface area contributed by atoms with Crippen molar-refractivity contribution in [2.45, 2.75) is 33.1 Å². The fourth-order valence-electron chi connectivity index (χ4n) is 3.45. The minimum atomic E-state index is -0.509. The molecule has 0 aliphatic rings. The largest absolute Gasteiger partial charge is 0.302 e. The van der Waals surface area contributed by atoms with Crippen molar-refractivity contribution >= 4 is 0 Å². The number of hydroxylamine groups is 2. The van der Waals surface area contributed by atoms with Gasteiger partial charge >= 0.3 is 0 Å². The van der Waals surface area contributed by atoms with Crippen LogP contribution in [0.4, 0.5) is 8.78 Å². The molecule has 0 aromatic heterocycles. The first kappa shape index (κ1) is 20.3. The van der Waals surface area contributed by atoms with Gasteiger partial charge in [0.05, 0.1) is 7.11 Å². The van der Waals surface area contributed by atoms with Crippen molar-refractivity contribution in [1.29, 1.82) is 0 Å². The van der Waals surface area contributed by atoms with E-state index in [4.69, 9.17) is 4.84 Å². The maximum atomic E-state index is 14.3. The van der Waals surface area contributed by atoms with Gasteiger partial charge in [-0.25, -0.2) is 8.78 Å². The summed E-state index contributed by atoms with van der Waals surface area (Å²) < 4.78 is 28.5. The van der Waals surface area contributed by atoms with Gasteiger partial charge in [0.25, 0.3) is 0 Å². The van der Waals surface area contributed by atoms with Crippen molar-refractivity contribution < 1.29 is 13.6 Å². The first-order valence-corrected chi connectivity index (χ1v) is 8.76. The SMILES string of the molecule is C=C(C)CN(CC(Cc1c(F)cccc1F)c1c(C)cccc1C)OC. The summed E-state index contributed by atoms with van der Waals surface area (Å²) in [5.74, 6) is -1.13. The average molecular weight is 359 g/mol. The van der Waals surface area contributed by atoms with Crippen LogP contribution < -0.4 is 0 Å². The molecular formula is C22H27F2NO. The molecule has 0 N–H and O–H groups in total. The summed E-state index contributed by atoms with van der Waals surface area (Å²) in [4.78, 5) is 5.48. The van der Waals surface area contributed by atoms with E-state index in [0.717, 1.165) is 22.3 Å². The van der Waals surface area contributed by atoms with Crippen LogP contribution in [0.3, 0.4) is 0 Å². The average Bonchev–Trinajstić information content (AvgIpc) is 2.56. The van der Waals surface area contributed by atoms with E-state index >= 15 is 0 Å². The zero-order chi connectivity index (χ0) is 19.3. The summed E-state index contributed by atoms with van der Waals surface area (Å²) in [6.07, 6.45) is 0.264. The molecule has 0 radical (unpaired) electrons. The fraction of sp³-hybridized carbons (Fsp3) is 0.364. The van der Waals surface area contributed by atoms with Crippen LogP contribution in [-0.4, -0.2) is 25.3 Å². The van der Waals surface area contributed by atoms with Crippen molar-refractivity contribution in [2.75, 3.05) is 20.2 Å². The molecule has 2 aromatic rings. The van der Waals surface area contributed by atoms with Crippen molar-refractivity contribution in [1.82, 2.24) is 5.06 Å². The Kier molecular flexibility index (Phi) is 7.06. The molecule has 0 fully saturated rings. The number of nitrogens with zero attached hydrogens (tertiary/aromatic N) is 1. The number of aryl methyl sites for hydroxylation is 2. The fourth-order valence-corrected chi connectivity index (χ4v) is 3.45. The molecule has 0 amide bonds.